The summed E-state index contributed by atoms with van der Waals surface area (Å²) in [6.45, 7) is 4.72. The van der Waals surface area contributed by atoms with Crippen LogP contribution in [0, 0.1) is 11.8 Å². The van der Waals surface area contributed by atoms with Crippen LogP contribution in [-0.2, 0) is 0 Å². The smallest absolute Gasteiger partial charge is 0.0417 e. The molecule has 0 spiro atoms. The highest BCUT2D eigenvalue weighted by molar-refractivity contribution is 4.69. The van der Waals surface area contributed by atoms with Crippen LogP contribution in [0.2, 0.25) is 0 Å². The van der Waals surface area contributed by atoms with Gasteiger partial charge in [-0.25, -0.2) is 0 Å². The molecule has 1 aliphatic carbocycles. The van der Waals surface area contributed by atoms with Crippen molar-refractivity contribution in [3.63, 3.8) is 0 Å². The highest BCUT2D eigenvalue weighted by Gasteiger charge is 2.17. The van der Waals surface area contributed by atoms with E-state index in [2.05, 4.69) is 13.8 Å². The molecule has 0 aromatic heterocycles. The minimum absolute atomic E-state index is 1.01. The van der Waals surface area contributed by atoms with E-state index >= 15 is 0 Å². The molecule has 0 heterocycles. The summed E-state index contributed by atoms with van der Waals surface area (Å²) in [5, 5.41) is 0. The summed E-state index contributed by atoms with van der Waals surface area (Å²) in [5.41, 5.74) is 0. The molecule has 7 heavy (non-hydrogen) atoms. The fourth-order valence-electron chi connectivity index (χ4n) is 1.33. The quantitative estimate of drug-likeness (QED) is 0.436. The lowest BCUT2D eigenvalue weighted by atomic mass is 10.0. The molecule has 2 atom stereocenters. The van der Waals surface area contributed by atoms with Crippen LogP contribution in [-0.4, -0.2) is 0 Å². The Balaban J connectivity index is 2.33. The molecular weight excluding hydrogens is 84.1 g/mol. The van der Waals surface area contributed by atoms with Crippen molar-refractivity contribution >= 4 is 0 Å². The second-order valence-electron chi connectivity index (χ2n) is 2.89. The van der Waals surface area contributed by atoms with E-state index in [0.29, 0.717) is 0 Å². The van der Waals surface area contributed by atoms with Crippen LogP contribution in [0.1, 0.15) is 33.1 Å². The molecule has 0 unspecified atom stereocenters. The second kappa shape index (κ2) is 1.85. The standard InChI is InChI=1S/C7H14/c1-6-4-3-5-7(6)2/h6-7H,3-5H2,1-2H3/t6-,7-/m0/s1. The van der Waals surface area contributed by atoms with Crippen molar-refractivity contribution in [1.82, 2.24) is 0 Å². The molecule has 0 bridgehead atoms. The topological polar surface area (TPSA) is 0 Å². The van der Waals surface area contributed by atoms with Crippen molar-refractivity contribution < 1.29 is 0 Å². The number of rotatable bonds is 0. The van der Waals surface area contributed by atoms with Crippen LogP contribution in [0.3, 0.4) is 0 Å². The van der Waals surface area contributed by atoms with Gasteiger partial charge in [0.2, 0.25) is 0 Å². The Hall–Kier alpha value is 0. The van der Waals surface area contributed by atoms with E-state index in [0.717, 1.165) is 11.8 Å². The van der Waals surface area contributed by atoms with E-state index in [1.54, 1.807) is 0 Å². The van der Waals surface area contributed by atoms with E-state index in [9.17, 15) is 0 Å². The van der Waals surface area contributed by atoms with E-state index in [4.69, 9.17) is 0 Å². The summed E-state index contributed by atoms with van der Waals surface area (Å²) in [6.07, 6.45) is 4.42. The first-order chi connectivity index (χ1) is 3.30. The largest absolute Gasteiger partial charge is 0.0623 e. The molecule has 0 nitrogen and oxygen atoms in total. The second-order valence-corrected chi connectivity index (χ2v) is 2.89. The third-order valence-electron chi connectivity index (χ3n) is 2.29. The highest BCUT2D eigenvalue weighted by Crippen LogP contribution is 2.29. The molecule has 1 saturated carbocycles. The van der Waals surface area contributed by atoms with E-state index < -0.39 is 0 Å². The summed E-state index contributed by atoms with van der Waals surface area (Å²) >= 11 is 0. The Bertz CT molecular complexity index is 49.1. The molecule has 1 rings (SSSR count). The average molecular weight is 98.2 g/mol. The van der Waals surface area contributed by atoms with Crippen molar-refractivity contribution in [2.24, 2.45) is 11.8 Å². The van der Waals surface area contributed by atoms with Gasteiger partial charge in [-0.1, -0.05) is 33.1 Å². The van der Waals surface area contributed by atoms with Crippen molar-refractivity contribution in [2.45, 2.75) is 33.1 Å². The molecular formula is C7H14. The maximum Gasteiger partial charge on any atom is -0.0417 e. The molecule has 42 valence electrons. The molecule has 1 fully saturated rings. The van der Waals surface area contributed by atoms with E-state index in [1.165, 1.54) is 19.3 Å². The number of hydrogen-bond acceptors (Lipinski definition) is 0. The lowest BCUT2D eigenvalue weighted by molar-refractivity contribution is 0.457. The van der Waals surface area contributed by atoms with Crippen molar-refractivity contribution in [1.29, 1.82) is 0 Å². The minimum atomic E-state index is 1.01. The zero-order valence-corrected chi connectivity index (χ0v) is 5.28. The van der Waals surface area contributed by atoms with Gasteiger partial charge in [0, 0.05) is 0 Å². The maximum atomic E-state index is 2.36. The van der Waals surface area contributed by atoms with Crippen LogP contribution in [0.4, 0.5) is 0 Å². The zero-order valence-electron chi connectivity index (χ0n) is 5.28. The van der Waals surface area contributed by atoms with Gasteiger partial charge in [-0.05, 0) is 11.8 Å². The summed E-state index contributed by atoms with van der Waals surface area (Å²) in [7, 11) is 0. The number of hydrogen-bond donors (Lipinski definition) is 0. The Labute approximate surface area is 45.9 Å². The SMILES string of the molecule is C[C@H]1CCC[C@@H]1C. The minimum Gasteiger partial charge on any atom is -0.0623 e. The normalized spacial score (nSPS) is 42.0. The van der Waals surface area contributed by atoms with Gasteiger partial charge < -0.3 is 0 Å². The fraction of sp³-hybridized carbons (Fsp3) is 1.00. The first-order valence-electron chi connectivity index (χ1n) is 3.30. The van der Waals surface area contributed by atoms with Gasteiger partial charge in [0.05, 0.1) is 0 Å². The van der Waals surface area contributed by atoms with Gasteiger partial charge in [0.15, 0.2) is 0 Å². The Kier molecular flexibility index (Phi) is 1.36. The van der Waals surface area contributed by atoms with Gasteiger partial charge in [-0.2, -0.15) is 0 Å². The first-order valence-corrected chi connectivity index (χ1v) is 3.30. The molecule has 0 N–H and O–H groups in total. The summed E-state index contributed by atoms with van der Waals surface area (Å²) in [5.74, 6) is 2.03. The van der Waals surface area contributed by atoms with Crippen molar-refractivity contribution in [2.75, 3.05) is 0 Å². The Morgan fingerprint density at radius 2 is 1.43 bits per heavy atom. The third-order valence-corrected chi connectivity index (χ3v) is 2.29. The molecule has 0 saturated heterocycles. The van der Waals surface area contributed by atoms with Gasteiger partial charge in [0.25, 0.3) is 0 Å². The molecule has 0 aromatic rings. The van der Waals surface area contributed by atoms with Gasteiger partial charge in [-0.3, -0.25) is 0 Å². The molecule has 0 amide bonds. The van der Waals surface area contributed by atoms with Crippen LogP contribution >= 0.6 is 0 Å². The molecule has 0 heteroatoms. The predicted octanol–water partition coefficient (Wildman–Crippen LogP) is 2.44. The first kappa shape index (κ1) is 5.14. The summed E-state index contributed by atoms with van der Waals surface area (Å²) in [4.78, 5) is 0. The van der Waals surface area contributed by atoms with Crippen LogP contribution in [0.5, 0.6) is 0 Å². The van der Waals surface area contributed by atoms with Gasteiger partial charge >= 0.3 is 0 Å². The third kappa shape index (κ3) is 0.960. The van der Waals surface area contributed by atoms with Crippen LogP contribution in [0.25, 0.3) is 0 Å². The Morgan fingerprint density at radius 1 is 1.00 bits per heavy atom. The summed E-state index contributed by atoms with van der Waals surface area (Å²) in [6, 6.07) is 0. The van der Waals surface area contributed by atoms with Gasteiger partial charge in [-0.15, -0.1) is 0 Å². The average Bonchev–Trinajstić information content (AvgIpc) is 1.91. The fourth-order valence-corrected chi connectivity index (χ4v) is 1.33. The maximum absolute atomic E-state index is 2.36. The van der Waals surface area contributed by atoms with Crippen molar-refractivity contribution in [3.8, 4) is 0 Å². The van der Waals surface area contributed by atoms with Crippen molar-refractivity contribution in [3.05, 3.63) is 0 Å². The van der Waals surface area contributed by atoms with Gasteiger partial charge in [0.1, 0.15) is 0 Å². The lowest BCUT2D eigenvalue weighted by Crippen LogP contribution is -1.95. The molecule has 0 aliphatic heterocycles. The van der Waals surface area contributed by atoms with E-state index in [1.807, 2.05) is 0 Å². The molecule has 0 radical (unpaired) electrons. The molecule has 1 aliphatic rings. The predicted molar refractivity (Wildman–Crippen MR) is 32.2 cm³/mol. The monoisotopic (exact) mass is 98.1 g/mol. The summed E-state index contributed by atoms with van der Waals surface area (Å²) < 4.78 is 0. The zero-order chi connectivity index (χ0) is 5.28. The van der Waals surface area contributed by atoms with E-state index in [-0.39, 0.29) is 0 Å². The van der Waals surface area contributed by atoms with Crippen LogP contribution in [0.15, 0.2) is 0 Å². The molecule has 0 aromatic carbocycles. The Morgan fingerprint density at radius 3 is 1.57 bits per heavy atom. The van der Waals surface area contributed by atoms with Crippen LogP contribution < -0.4 is 0 Å². The lowest BCUT2D eigenvalue weighted by Gasteiger charge is -2.05. The highest BCUT2D eigenvalue weighted by atomic mass is 14.2.